The Kier molecular flexibility index (Phi) is 16.1. The van der Waals surface area contributed by atoms with Crippen LogP contribution >= 0.6 is 13.5 Å². The van der Waals surface area contributed by atoms with Crippen molar-refractivity contribution in [1.29, 1.82) is 0 Å². The van der Waals surface area contributed by atoms with Gasteiger partial charge in [-0.25, -0.2) is 0 Å². The van der Waals surface area contributed by atoms with Gasteiger partial charge >= 0.3 is 56.9 Å². The molecule has 0 heterocycles. The molecule has 0 aromatic heterocycles. The third-order valence-corrected chi connectivity index (χ3v) is 1.17. The van der Waals surface area contributed by atoms with Crippen LogP contribution < -0.4 is 0 Å². The molecule has 0 aliphatic carbocycles. The summed E-state index contributed by atoms with van der Waals surface area (Å²) < 4.78 is 4.84. The fourth-order valence-electron chi connectivity index (χ4n) is 0.424. The average molecular weight is 169 g/mol. The Morgan fingerprint density at radius 2 is 2.00 bits per heavy atom. The summed E-state index contributed by atoms with van der Waals surface area (Å²) in [5.74, 6) is 0. The molecular formula is C5H13OSTi. The summed E-state index contributed by atoms with van der Waals surface area (Å²) in [6.07, 6.45) is 3.80. The second kappa shape index (κ2) is 10.9. The van der Waals surface area contributed by atoms with E-state index in [4.69, 9.17) is 3.32 Å². The molecule has 3 heteroatoms. The topological polar surface area (TPSA) is 9.23 Å². The van der Waals surface area contributed by atoms with Gasteiger partial charge in [-0.15, -0.1) is 0 Å². The van der Waals surface area contributed by atoms with E-state index in [9.17, 15) is 0 Å². The van der Waals surface area contributed by atoms with Gasteiger partial charge in [0.1, 0.15) is 0 Å². The Bertz CT molecular complexity index is 31.6. The third kappa shape index (κ3) is 10.1. The molecule has 0 rings (SSSR count). The monoisotopic (exact) mass is 169 g/mol. The van der Waals surface area contributed by atoms with Crippen molar-refractivity contribution < 1.29 is 24.1 Å². The maximum Gasteiger partial charge on any atom is -0.197 e. The Morgan fingerprint density at radius 1 is 1.38 bits per heavy atom. The van der Waals surface area contributed by atoms with Gasteiger partial charge in [0, 0.05) is 0 Å². The van der Waals surface area contributed by atoms with E-state index >= 15 is 0 Å². The molecule has 1 nitrogen and oxygen atoms in total. The standard InChI is InChI=1S/C5H11O.H2S.Ti/c1-2-3-4-5-6;;/h2-5H2,1H3;1H2;/q-1;;+1. The van der Waals surface area contributed by atoms with Gasteiger partial charge in [-0.1, -0.05) is 0 Å². The maximum atomic E-state index is 4.84. The Hall–Kier alpha value is 1.02. The summed E-state index contributed by atoms with van der Waals surface area (Å²) in [5, 5.41) is 0. The van der Waals surface area contributed by atoms with Gasteiger partial charge < -0.3 is 0 Å². The SMILES string of the molecule is CCCCC[O][Ti].S. The molecule has 49 valence electrons. The minimum Gasteiger partial charge on any atom is -0.197 e. The summed E-state index contributed by atoms with van der Waals surface area (Å²) in [6.45, 7) is 3.11. The quantitative estimate of drug-likeness (QED) is 0.460. The number of hydrogen-bond acceptors (Lipinski definition) is 1. The summed E-state index contributed by atoms with van der Waals surface area (Å²) in [5.41, 5.74) is 0. The van der Waals surface area contributed by atoms with Crippen LogP contribution in [0.1, 0.15) is 26.2 Å². The van der Waals surface area contributed by atoms with E-state index in [0.717, 1.165) is 6.61 Å². The minimum absolute atomic E-state index is 0. The molecule has 0 fully saturated rings. The van der Waals surface area contributed by atoms with E-state index in [1.54, 1.807) is 20.8 Å². The largest absolute Gasteiger partial charge is 0.197 e. The van der Waals surface area contributed by atoms with Crippen LogP contribution in [0.4, 0.5) is 0 Å². The fraction of sp³-hybridized carbons (Fsp3) is 1.00. The van der Waals surface area contributed by atoms with Gasteiger partial charge in [-0.3, -0.25) is 0 Å². The number of hydrogen-bond donors (Lipinski definition) is 0. The molecule has 8 heavy (non-hydrogen) atoms. The molecule has 0 N–H and O–H groups in total. The van der Waals surface area contributed by atoms with Gasteiger partial charge in [0.15, 0.2) is 0 Å². The van der Waals surface area contributed by atoms with Crippen molar-refractivity contribution in [3.8, 4) is 0 Å². The first-order valence-electron chi connectivity index (χ1n) is 2.70. The van der Waals surface area contributed by atoms with Crippen molar-refractivity contribution >= 4 is 13.5 Å². The van der Waals surface area contributed by atoms with Crippen LogP contribution in [0.5, 0.6) is 0 Å². The molecule has 0 radical (unpaired) electrons. The van der Waals surface area contributed by atoms with E-state index in [1.807, 2.05) is 0 Å². The zero-order valence-electron chi connectivity index (χ0n) is 5.24. The number of unbranched alkanes of at least 4 members (excludes halogenated alkanes) is 2. The smallest absolute Gasteiger partial charge is 0.197 e. The van der Waals surface area contributed by atoms with Gasteiger partial charge in [0.2, 0.25) is 0 Å². The van der Waals surface area contributed by atoms with Gasteiger partial charge in [-0.2, -0.15) is 13.5 Å². The molecule has 0 saturated heterocycles. The van der Waals surface area contributed by atoms with Crippen LogP contribution in [0.2, 0.25) is 0 Å². The third-order valence-electron chi connectivity index (χ3n) is 0.850. The summed E-state index contributed by atoms with van der Waals surface area (Å²) in [6, 6.07) is 0. The second-order valence-electron chi connectivity index (χ2n) is 1.56. The molecule has 0 spiro atoms. The second-order valence-corrected chi connectivity index (χ2v) is 2.01. The predicted octanol–water partition coefficient (Wildman–Crippen LogP) is 1.77. The molecule has 0 unspecified atom stereocenters. The van der Waals surface area contributed by atoms with Crippen LogP contribution in [0.3, 0.4) is 0 Å². The molecule has 0 atom stereocenters. The van der Waals surface area contributed by atoms with E-state index in [2.05, 4.69) is 6.92 Å². The van der Waals surface area contributed by atoms with E-state index in [0.29, 0.717) is 0 Å². The maximum absolute atomic E-state index is 4.84. The normalized spacial score (nSPS) is 8.00. The Balaban J connectivity index is 0. The molecule has 0 bridgehead atoms. The van der Waals surface area contributed by atoms with Crippen molar-refractivity contribution in [2.24, 2.45) is 0 Å². The van der Waals surface area contributed by atoms with Crippen LogP contribution in [-0.4, -0.2) is 6.61 Å². The van der Waals surface area contributed by atoms with Crippen molar-refractivity contribution in [3.05, 3.63) is 0 Å². The average Bonchev–Trinajstić information content (AvgIpc) is 1.69. The molecular weight excluding hydrogens is 156 g/mol. The van der Waals surface area contributed by atoms with E-state index in [1.165, 1.54) is 19.3 Å². The molecule has 0 aromatic rings. The number of rotatable bonds is 4. The van der Waals surface area contributed by atoms with Crippen molar-refractivity contribution in [2.75, 3.05) is 6.61 Å². The minimum atomic E-state index is 0. The summed E-state index contributed by atoms with van der Waals surface area (Å²) in [7, 11) is 0. The van der Waals surface area contributed by atoms with E-state index in [-0.39, 0.29) is 13.5 Å². The zero-order valence-corrected chi connectivity index (χ0v) is 7.80. The van der Waals surface area contributed by atoms with Crippen LogP contribution in [0.25, 0.3) is 0 Å². The van der Waals surface area contributed by atoms with Crippen LogP contribution in [0.15, 0.2) is 0 Å². The van der Waals surface area contributed by atoms with E-state index < -0.39 is 0 Å². The Labute approximate surface area is 70.5 Å². The molecule has 0 amide bonds. The van der Waals surface area contributed by atoms with Gasteiger partial charge in [0.25, 0.3) is 0 Å². The molecule has 0 aromatic carbocycles. The van der Waals surface area contributed by atoms with Gasteiger partial charge in [-0.05, 0) is 0 Å². The van der Waals surface area contributed by atoms with Crippen molar-refractivity contribution in [2.45, 2.75) is 26.2 Å². The van der Waals surface area contributed by atoms with Crippen LogP contribution in [0, 0.1) is 0 Å². The van der Waals surface area contributed by atoms with Crippen molar-refractivity contribution in [3.63, 3.8) is 0 Å². The predicted molar refractivity (Wildman–Crippen MR) is 35.9 cm³/mol. The summed E-state index contributed by atoms with van der Waals surface area (Å²) >= 11 is 1.75. The fourth-order valence-corrected chi connectivity index (χ4v) is 0.650. The molecule has 0 aliphatic rings. The molecule has 0 saturated carbocycles. The van der Waals surface area contributed by atoms with Crippen molar-refractivity contribution in [1.82, 2.24) is 0 Å². The summed E-state index contributed by atoms with van der Waals surface area (Å²) in [4.78, 5) is 0. The first-order chi connectivity index (χ1) is 3.41. The Morgan fingerprint density at radius 3 is 2.38 bits per heavy atom. The van der Waals surface area contributed by atoms with Gasteiger partial charge in [0.05, 0.1) is 0 Å². The first-order valence-corrected chi connectivity index (χ1v) is 3.34. The van der Waals surface area contributed by atoms with Crippen LogP contribution in [-0.2, 0) is 24.1 Å². The zero-order chi connectivity index (χ0) is 5.54. The first kappa shape index (κ1) is 11.8. The molecule has 0 aliphatic heterocycles.